The maximum absolute atomic E-state index is 13.3. The standard InChI is InChI=1S/C14H10BrFN2/c1-9-11(7-18-8-13(9)16)3-2-10-6-12(15)4-5-14(10)17/h4-8H,17H2,1H3. The third-order valence-electron chi connectivity index (χ3n) is 2.50. The molecule has 0 fully saturated rings. The molecular formula is C14H10BrFN2. The molecule has 90 valence electrons. The van der Waals surface area contributed by atoms with Crippen molar-refractivity contribution < 1.29 is 4.39 Å². The zero-order valence-corrected chi connectivity index (χ0v) is 11.3. The Hall–Kier alpha value is -1.86. The van der Waals surface area contributed by atoms with Crippen LogP contribution in [-0.2, 0) is 0 Å². The van der Waals surface area contributed by atoms with E-state index in [0.29, 0.717) is 22.4 Å². The summed E-state index contributed by atoms with van der Waals surface area (Å²) in [6, 6.07) is 5.44. The van der Waals surface area contributed by atoms with E-state index in [1.807, 2.05) is 12.1 Å². The van der Waals surface area contributed by atoms with Gasteiger partial charge in [0, 0.05) is 33.0 Å². The first kappa shape index (κ1) is 12.6. The Bertz CT molecular complexity index is 651. The number of hydrogen-bond acceptors (Lipinski definition) is 2. The molecule has 0 unspecified atom stereocenters. The van der Waals surface area contributed by atoms with Crippen molar-refractivity contribution in [2.24, 2.45) is 0 Å². The Balaban J connectivity index is 2.43. The Kier molecular flexibility index (Phi) is 3.63. The fraction of sp³-hybridized carbons (Fsp3) is 0.0714. The van der Waals surface area contributed by atoms with Gasteiger partial charge in [0.15, 0.2) is 0 Å². The van der Waals surface area contributed by atoms with Crippen molar-refractivity contribution in [3.8, 4) is 11.8 Å². The van der Waals surface area contributed by atoms with Crippen LogP contribution in [0.5, 0.6) is 0 Å². The maximum atomic E-state index is 13.3. The second-order valence-corrected chi connectivity index (χ2v) is 4.69. The van der Waals surface area contributed by atoms with E-state index in [-0.39, 0.29) is 5.82 Å². The van der Waals surface area contributed by atoms with E-state index in [1.165, 1.54) is 6.20 Å². The number of nitrogen functional groups attached to an aromatic ring is 1. The summed E-state index contributed by atoms with van der Waals surface area (Å²) in [5.41, 5.74) is 8.16. The van der Waals surface area contributed by atoms with Gasteiger partial charge >= 0.3 is 0 Å². The molecule has 0 radical (unpaired) electrons. The van der Waals surface area contributed by atoms with Gasteiger partial charge in [-0.3, -0.25) is 4.98 Å². The number of hydrogen-bond donors (Lipinski definition) is 1. The number of rotatable bonds is 0. The summed E-state index contributed by atoms with van der Waals surface area (Å²) >= 11 is 3.35. The summed E-state index contributed by atoms with van der Waals surface area (Å²) in [7, 11) is 0. The summed E-state index contributed by atoms with van der Waals surface area (Å²) in [5.74, 6) is 5.45. The molecule has 0 saturated carbocycles. The predicted octanol–water partition coefficient (Wildman–Crippen LogP) is 3.27. The van der Waals surface area contributed by atoms with Gasteiger partial charge < -0.3 is 5.73 Å². The van der Waals surface area contributed by atoms with Crippen LogP contribution in [0.2, 0.25) is 0 Å². The molecule has 0 aliphatic rings. The highest BCUT2D eigenvalue weighted by molar-refractivity contribution is 9.10. The highest BCUT2D eigenvalue weighted by Crippen LogP contribution is 2.17. The van der Waals surface area contributed by atoms with E-state index in [9.17, 15) is 4.39 Å². The largest absolute Gasteiger partial charge is 0.398 e. The van der Waals surface area contributed by atoms with E-state index >= 15 is 0 Å². The fourth-order valence-corrected chi connectivity index (χ4v) is 1.76. The fourth-order valence-electron chi connectivity index (χ4n) is 1.40. The van der Waals surface area contributed by atoms with Gasteiger partial charge in [0.05, 0.1) is 6.20 Å². The number of nitrogens with zero attached hydrogens (tertiary/aromatic N) is 1. The first-order valence-corrected chi connectivity index (χ1v) is 6.04. The first-order chi connectivity index (χ1) is 8.58. The zero-order chi connectivity index (χ0) is 13.1. The minimum Gasteiger partial charge on any atom is -0.398 e. The second-order valence-electron chi connectivity index (χ2n) is 3.78. The Morgan fingerprint density at radius 1 is 1.22 bits per heavy atom. The van der Waals surface area contributed by atoms with Gasteiger partial charge in [-0.15, -0.1) is 0 Å². The molecule has 2 N–H and O–H groups in total. The van der Waals surface area contributed by atoms with Crippen LogP contribution in [0.3, 0.4) is 0 Å². The predicted molar refractivity (Wildman–Crippen MR) is 73.5 cm³/mol. The zero-order valence-electron chi connectivity index (χ0n) is 9.67. The van der Waals surface area contributed by atoms with Gasteiger partial charge in [-0.05, 0) is 25.1 Å². The smallest absolute Gasteiger partial charge is 0.145 e. The molecule has 1 heterocycles. The molecule has 0 spiro atoms. The monoisotopic (exact) mass is 304 g/mol. The van der Waals surface area contributed by atoms with E-state index in [1.54, 1.807) is 19.2 Å². The minimum absolute atomic E-state index is 0.357. The number of halogens is 2. The summed E-state index contributed by atoms with van der Waals surface area (Å²) in [6.45, 7) is 1.67. The topological polar surface area (TPSA) is 38.9 Å². The average molecular weight is 305 g/mol. The molecule has 2 aromatic rings. The van der Waals surface area contributed by atoms with Crippen LogP contribution in [0.4, 0.5) is 10.1 Å². The van der Waals surface area contributed by atoms with Crippen LogP contribution < -0.4 is 5.73 Å². The number of benzene rings is 1. The molecule has 0 aliphatic carbocycles. The molecule has 0 saturated heterocycles. The van der Waals surface area contributed by atoms with Crippen LogP contribution in [0.1, 0.15) is 16.7 Å². The third-order valence-corrected chi connectivity index (χ3v) is 2.99. The van der Waals surface area contributed by atoms with Gasteiger partial charge in [0.2, 0.25) is 0 Å². The van der Waals surface area contributed by atoms with Gasteiger partial charge in [-0.1, -0.05) is 27.8 Å². The molecule has 0 aliphatic heterocycles. The number of aromatic nitrogens is 1. The molecule has 2 rings (SSSR count). The van der Waals surface area contributed by atoms with Crippen LogP contribution in [0.25, 0.3) is 0 Å². The highest BCUT2D eigenvalue weighted by atomic mass is 79.9. The SMILES string of the molecule is Cc1c(F)cncc1C#Cc1cc(Br)ccc1N. The van der Waals surface area contributed by atoms with Crippen LogP contribution in [0, 0.1) is 24.6 Å². The van der Waals surface area contributed by atoms with Crippen molar-refractivity contribution in [2.75, 3.05) is 5.73 Å². The molecule has 2 nitrogen and oxygen atoms in total. The normalized spacial score (nSPS) is 9.72. The maximum Gasteiger partial charge on any atom is 0.145 e. The average Bonchev–Trinajstić information content (AvgIpc) is 2.35. The molecule has 1 aromatic heterocycles. The van der Waals surface area contributed by atoms with E-state index in [2.05, 4.69) is 32.8 Å². The lowest BCUT2D eigenvalue weighted by Crippen LogP contribution is -1.92. The second kappa shape index (κ2) is 5.19. The van der Waals surface area contributed by atoms with Crippen LogP contribution in [0.15, 0.2) is 35.1 Å². The van der Waals surface area contributed by atoms with E-state index < -0.39 is 0 Å². The Morgan fingerprint density at radius 3 is 2.72 bits per heavy atom. The van der Waals surface area contributed by atoms with Crippen molar-refractivity contribution in [3.05, 3.63) is 57.6 Å². The van der Waals surface area contributed by atoms with Crippen molar-refractivity contribution in [1.29, 1.82) is 0 Å². The van der Waals surface area contributed by atoms with E-state index in [0.717, 1.165) is 4.47 Å². The molecule has 4 heteroatoms. The minimum atomic E-state index is -0.357. The summed E-state index contributed by atoms with van der Waals surface area (Å²) < 4.78 is 14.2. The summed E-state index contributed by atoms with van der Waals surface area (Å²) in [6.07, 6.45) is 2.72. The van der Waals surface area contributed by atoms with Crippen LogP contribution in [-0.4, -0.2) is 4.98 Å². The number of anilines is 1. The first-order valence-electron chi connectivity index (χ1n) is 5.25. The molecule has 1 aromatic carbocycles. The van der Waals surface area contributed by atoms with Crippen molar-refractivity contribution in [3.63, 3.8) is 0 Å². The van der Waals surface area contributed by atoms with Crippen molar-refractivity contribution >= 4 is 21.6 Å². The molecule has 0 amide bonds. The Morgan fingerprint density at radius 2 is 1.94 bits per heavy atom. The molecule has 0 bridgehead atoms. The van der Waals surface area contributed by atoms with Gasteiger partial charge in [0.25, 0.3) is 0 Å². The van der Waals surface area contributed by atoms with Crippen LogP contribution >= 0.6 is 15.9 Å². The lowest BCUT2D eigenvalue weighted by Gasteiger charge is -1.99. The summed E-state index contributed by atoms with van der Waals surface area (Å²) in [5, 5.41) is 0. The molecular weight excluding hydrogens is 295 g/mol. The lowest BCUT2D eigenvalue weighted by molar-refractivity contribution is 0.611. The molecule has 18 heavy (non-hydrogen) atoms. The van der Waals surface area contributed by atoms with Crippen molar-refractivity contribution in [1.82, 2.24) is 4.98 Å². The van der Waals surface area contributed by atoms with Crippen molar-refractivity contribution in [2.45, 2.75) is 6.92 Å². The number of nitrogens with two attached hydrogens (primary N) is 1. The third kappa shape index (κ3) is 2.69. The molecule has 0 atom stereocenters. The quantitative estimate of drug-likeness (QED) is 0.599. The Labute approximate surface area is 113 Å². The highest BCUT2D eigenvalue weighted by Gasteiger charge is 2.01. The van der Waals surface area contributed by atoms with Gasteiger partial charge in [0.1, 0.15) is 5.82 Å². The lowest BCUT2D eigenvalue weighted by atomic mass is 10.1. The van der Waals surface area contributed by atoms with E-state index in [4.69, 9.17) is 5.73 Å². The van der Waals surface area contributed by atoms with Gasteiger partial charge in [-0.2, -0.15) is 0 Å². The summed E-state index contributed by atoms with van der Waals surface area (Å²) in [4.78, 5) is 3.78. The van der Waals surface area contributed by atoms with Gasteiger partial charge in [-0.25, -0.2) is 4.39 Å². The number of pyridine rings is 1.